The number of nitrogens with one attached hydrogen (secondary N) is 1. The molecule has 2 rings (SSSR count). The van der Waals surface area contributed by atoms with Crippen LogP contribution in [0.3, 0.4) is 0 Å². The monoisotopic (exact) mass is 369 g/mol. The van der Waals surface area contributed by atoms with E-state index in [9.17, 15) is 4.79 Å². The Morgan fingerprint density at radius 2 is 1.74 bits per heavy atom. The number of aryl methyl sites for hydroxylation is 1. The molecule has 0 bridgehead atoms. The van der Waals surface area contributed by atoms with Gasteiger partial charge >= 0.3 is 0 Å². The van der Waals surface area contributed by atoms with E-state index in [4.69, 9.17) is 9.47 Å². The van der Waals surface area contributed by atoms with E-state index < -0.39 is 0 Å². The molecule has 0 aliphatic carbocycles. The molecule has 0 aliphatic heterocycles. The van der Waals surface area contributed by atoms with Crippen molar-refractivity contribution in [1.29, 1.82) is 0 Å². The van der Waals surface area contributed by atoms with Crippen LogP contribution in [0.5, 0.6) is 11.5 Å². The standard InChI is InChI=1S/C23H31NO3/c1-17(16-23(2,3)19-11-7-6-8-12-19)24-21(25)15-14-18-10-9-13-20(26-4)22(18)27-5/h6-13,17H,14-16H2,1-5H3,(H,24,25). The van der Waals surface area contributed by atoms with Crippen molar-refractivity contribution >= 4 is 5.91 Å². The lowest BCUT2D eigenvalue weighted by Gasteiger charge is -2.29. The van der Waals surface area contributed by atoms with E-state index >= 15 is 0 Å². The van der Waals surface area contributed by atoms with Crippen molar-refractivity contribution < 1.29 is 14.3 Å². The van der Waals surface area contributed by atoms with Crippen LogP contribution in [0.2, 0.25) is 0 Å². The number of para-hydroxylation sites is 1. The van der Waals surface area contributed by atoms with Gasteiger partial charge in [0, 0.05) is 12.5 Å². The Bertz CT molecular complexity index is 741. The number of rotatable bonds is 9. The maximum Gasteiger partial charge on any atom is 0.220 e. The van der Waals surface area contributed by atoms with E-state index in [-0.39, 0.29) is 17.4 Å². The molecule has 146 valence electrons. The topological polar surface area (TPSA) is 47.6 Å². The summed E-state index contributed by atoms with van der Waals surface area (Å²) in [6, 6.07) is 16.3. The third-order valence-electron chi connectivity index (χ3n) is 4.89. The lowest BCUT2D eigenvalue weighted by molar-refractivity contribution is -0.121. The first-order valence-electron chi connectivity index (χ1n) is 9.42. The van der Waals surface area contributed by atoms with Crippen molar-refractivity contribution in [2.45, 2.75) is 51.5 Å². The largest absolute Gasteiger partial charge is 0.493 e. The summed E-state index contributed by atoms with van der Waals surface area (Å²) in [5.74, 6) is 1.44. The molecule has 0 fully saturated rings. The van der Waals surface area contributed by atoms with Crippen LogP contribution in [0.25, 0.3) is 0 Å². The van der Waals surface area contributed by atoms with E-state index in [1.165, 1.54) is 5.56 Å². The number of carbonyl (C=O) groups excluding carboxylic acids is 1. The van der Waals surface area contributed by atoms with Crippen LogP contribution in [0, 0.1) is 0 Å². The van der Waals surface area contributed by atoms with Gasteiger partial charge in [0.05, 0.1) is 14.2 Å². The van der Waals surface area contributed by atoms with E-state index in [1.54, 1.807) is 14.2 Å². The zero-order valence-corrected chi connectivity index (χ0v) is 17.0. The number of hydrogen-bond donors (Lipinski definition) is 1. The number of methoxy groups -OCH3 is 2. The van der Waals surface area contributed by atoms with Gasteiger partial charge in [-0.3, -0.25) is 4.79 Å². The van der Waals surface area contributed by atoms with Crippen LogP contribution in [0.15, 0.2) is 48.5 Å². The van der Waals surface area contributed by atoms with Gasteiger partial charge in [0.25, 0.3) is 0 Å². The number of benzene rings is 2. The minimum absolute atomic E-state index is 0.00394. The molecule has 0 aliphatic rings. The van der Waals surface area contributed by atoms with Crippen molar-refractivity contribution in [2.24, 2.45) is 0 Å². The lowest BCUT2D eigenvalue weighted by Crippen LogP contribution is -2.37. The van der Waals surface area contributed by atoms with Crippen LogP contribution in [-0.2, 0) is 16.6 Å². The first kappa shape index (κ1) is 20.8. The molecular weight excluding hydrogens is 338 g/mol. The minimum Gasteiger partial charge on any atom is -0.493 e. The van der Waals surface area contributed by atoms with Crippen LogP contribution in [0.4, 0.5) is 0 Å². The summed E-state index contributed by atoms with van der Waals surface area (Å²) >= 11 is 0. The maximum absolute atomic E-state index is 12.4. The Labute approximate surface area is 162 Å². The van der Waals surface area contributed by atoms with E-state index in [2.05, 4.69) is 50.4 Å². The second-order valence-corrected chi connectivity index (χ2v) is 7.58. The molecule has 0 saturated carbocycles. The summed E-state index contributed by atoms with van der Waals surface area (Å²) in [6.45, 7) is 6.49. The van der Waals surface area contributed by atoms with Gasteiger partial charge in [0.15, 0.2) is 11.5 Å². The van der Waals surface area contributed by atoms with Crippen LogP contribution in [0.1, 0.15) is 44.7 Å². The Morgan fingerprint density at radius 1 is 1.04 bits per heavy atom. The van der Waals surface area contributed by atoms with Gasteiger partial charge < -0.3 is 14.8 Å². The van der Waals surface area contributed by atoms with Crippen molar-refractivity contribution in [3.05, 3.63) is 59.7 Å². The highest BCUT2D eigenvalue weighted by Crippen LogP contribution is 2.31. The van der Waals surface area contributed by atoms with Crippen molar-refractivity contribution in [2.75, 3.05) is 14.2 Å². The fraction of sp³-hybridized carbons (Fsp3) is 0.435. The lowest BCUT2D eigenvalue weighted by atomic mass is 9.79. The fourth-order valence-electron chi connectivity index (χ4n) is 3.57. The Morgan fingerprint density at radius 3 is 2.37 bits per heavy atom. The third-order valence-corrected chi connectivity index (χ3v) is 4.89. The van der Waals surface area contributed by atoms with Crippen molar-refractivity contribution in [1.82, 2.24) is 5.32 Å². The molecule has 1 unspecified atom stereocenters. The molecule has 0 spiro atoms. The molecule has 2 aromatic rings. The predicted octanol–water partition coefficient (Wildman–Crippen LogP) is 4.51. The SMILES string of the molecule is COc1cccc(CCC(=O)NC(C)CC(C)(C)c2ccccc2)c1OC. The molecule has 4 nitrogen and oxygen atoms in total. The van der Waals surface area contributed by atoms with Crippen LogP contribution in [-0.4, -0.2) is 26.2 Å². The average molecular weight is 370 g/mol. The minimum atomic E-state index is 0.00394. The molecule has 4 heteroatoms. The number of ether oxygens (including phenoxy) is 2. The number of amides is 1. The molecule has 1 N–H and O–H groups in total. The van der Waals surface area contributed by atoms with Crippen LogP contribution < -0.4 is 14.8 Å². The van der Waals surface area contributed by atoms with Gasteiger partial charge in [-0.2, -0.15) is 0 Å². The smallest absolute Gasteiger partial charge is 0.220 e. The average Bonchev–Trinajstić information content (AvgIpc) is 2.66. The van der Waals surface area contributed by atoms with E-state index in [0.29, 0.717) is 24.3 Å². The second-order valence-electron chi connectivity index (χ2n) is 7.58. The summed E-state index contributed by atoms with van der Waals surface area (Å²) in [5.41, 5.74) is 2.26. The highest BCUT2D eigenvalue weighted by Gasteiger charge is 2.24. The quantitative estimate of drug-likeness (QED) is 0.707. The van der Waals surface area contributed by atoms with Gasteiger partial charge in [-0.25, -0.2) is 0 Å². The van der Waals surface area contributed by atoms with Crippen molar-refractivity contribution in [3.8, 4) is 11.5 Å². The number of hydrogen-bond acceptors (Lipinski definition) is 3. The molecule has 0 heterocycles. The first-order valence-corrected chi connectivity index (χ1v) is 9.42. The fourth-order valence-corrected chi connectivity index (χ4v) is 3.57. The van der Waals surface area contributed by atoms with Crippen LogP contribution >= 0.6 is 0 Å². The van der Waals surface area contributed by atoms with Crippen molar-refractivity contribution in [3.63, 3.8) is 0 Å². The van der Waals surface area contributed by atoms with Gasteiger partial charge in [-0.05, 0) is 42.4 Å². The predicted molar refractivity (Wildman–Crippen MR) is 110 cm³/mol. The van der Waals surface area contributed by atoms with E-state index in [0.717, 1.165) is 12.0 Å². The zero-order valence-electron chi connectivity index (χ0n) is 17.0. The molecular formula is C23H31NO3. The highest BCUT2D eigenvalue weighted by atomic mass is 16.5. The highest BCUT2D eigenvalue weighted by molar-refractivity contribution is 5.76. The Balaban J connectivity index is 1.91. The molecule has 1 atom stereocenters. The normalized spacial score (nSPS) is 12.3. The van der Waals surface area contributed by atoms with Gasteiger partial charge in [-0.1, -0.05) is 56.3 Å². The molecule has 0 aromatic heterocycles. The Hall–Kier alpha value is -2.49. The molecule has 1 amide bonds. The molecule has 0 radical (unpaired) electrons. The molecule has 27 heavy (non-hydrogen) atoms. The molecule has 0 saturated heterocycles. The first-order chi connectivity index (χ1) is 12.9. The van der Waals surface area contributed by atoms with Gasteiger partial charge in [-0.15, -0.1) is 0 Å². The third kappa shape index (κ3) is 5.75. The van der Waals surface area contributed by atoms with Gasteiger partial charge in [0.2, 0.25) is 5.91 Å². The van der Waals surface area contributed by atoms with E-state index in [1.807, 2.05) is 24.3 Å². The summed E-state index contributed by atoms with van der Waals surface area (Å²) < 4.78 is 10.8. The van der Waals surface area contributed by atoms with Gasteiger partial charge in [0.1, 0.15) is 0 Å². The molecule has 2 aromatic carbocycles. The number of carbonyl (C=O) groups is 1. The Kier molecular flexibility index (Phi) is 7.28. The maximum atomic E-state index is 12.4. The second kappa shape index (κ2) is 9.45. The summed E-state index contributed by atoms with van der Waals surface area (Å²) in [5, 5.41) is 3.13. The summed E-state index contributed by atoms with van der Waals surface area (Å²) in [6.07, 6.45) is 1.91. The summed E-state index contributed by atoms with van der Waals surface area (Å²) in [4.78, 5) is 12.4. The summed E-state index contributed by atoms with van der Waals surface area (Å²) in [7, 11) is 3.24. The zero-order chi connectivity index (χ0) is 19.9.